The van der Waals surface area contributed by atoms with E-state index in [0.717, 1.165) is 5.56 Å². The molecular weight excluding hydrogens is 390 g/mol. The Bertz CT molecular complexity index is 1270. The highest BCUT2D eigenvalue weighted by molar-refractivity contribution is 6.02. The third-order valence-electron chi connectivity index (χ3n) is 5.58. The standard InChI is InChI=1S/C21H21N3O6/c1-24-19-17(20(26)23-21(24)27)12-5-10(6-14(25)13(12)9-22-19)11-7-15(28-2)18(30-4)16(8-11)29-3/h7-10H,5-6H2,1-4H3,(H,23,26,27)/t10-/m1/s1. The van der Waals surface area contributed by atoms with Crippen molar-refractivity contribution in [3.05, 3.63) is 55.9 Å². The monoisotopic (exact) mass is 411 g/mol. The van der Waals surface area contributed by atoms with E-state index in [2.05, 4.69) is 9.97 Å². The number of hydrogen-bond donors (Lipinski definition) is 1. The molecule has 0 aliphatic heterocycles. The fraction of sp³-hybridized carbons (Fsp3) is 0.333. The van der Waals surface area contributed by atoms with E-state index in [4.69, 9.17) is 14.2 Å². The number of pyridine rings is 1. The molecule has 9 heteroatoms. The van der Waals surface area contributed by atoms with Crippen LogP contribution >= 0.6 is 0 Å². The molecule has 0 spiro atoms. The van der Waals surface area contributed by atoms with E-state index < -0.39 is 11.2 Å². The SMILES string of the molecule is COc1cc([C@H]2CC(=O)c3cnc4c(c3C2)c(=O)[nH]c(=O)n4C)cc(OC)c1OC. The molecule has 156 valence electrons. The number of methoxy groups -OCH3 is 3. The first-order valence-electron chi connectivity index (χ1n) is 9.33. The predicted molar refractivity (Wildman–Crippen MR) is 109 cm³/mol. The van der Waals surface area contributed by atoms with Crippen molar-refractivity contribution >= 4 is 16.8 Å². The van der Waals surface area contributed by atoms with E-state index in [1.54, 1.807) is 0 Å². The Morgan fingerprint density at radius 1 is 1.03 bits per heavy atom. The number of nitrogens with zero attached hydrogens (tertiary/aromatic N) is 2. The van der Waals surface area contributed by atoms with Crippen molar-refractivity contribution < 1.29 is 19.0 Å². The summed E-state index contributed by atoms with van der Waals surface area (Å²) in [5.74, 6) is 1.13. The van der Waals surface area contributed by atoms with Gasteiger partial charge in [0.25, 0.3) is 5.56 Å². The zero-order chi connectivity index (χ0) is 21.6. The first kappa shape index (κ1) is 19.7. The third kappa shape index (κ3) is 2.94. The van der Waals surface area contributed by atoms with Crippen LogP contribution < -0.4 is 25.5 Å². The van der Waals surface area contributed by atoms with E-state index in [1.165, 1.54) is 39.1 Å². The lowest BCUT2D eigenvalue weighted by molar-refractivity contribution is 0.0964. The molecule has 0 bridgehead atoms. The second-order valence-corrected chi connectivity index (χ2v) is 7.15. The van der Waals surface area contributed by atoms with Gasteiger partial charge in [0.15, 0.2) is 17.3 Å². The summed E-state index contributed by atoms with van der Waals surface area (Å²) in [4.78, 5) is 43.9. The van der Waals surface area contributed by atoms with Gasteiger partial charge in [-0.05, 0) is 35.6 Å². The van der Waals surface area contributed by atoms with Crippen LogP contribution in [0.3, 0.4) is 0 Å². The Labute approximate surface area is 171 Å². The molecule has 2 aromatic heterocycles. The molecule has 1 aliphatic rings. The van der Waals surface area contributed by atoms with E-state index in [1.807, 2.05) is 12.1 Å². The second kappa shape index (κ2) is 7.33. The highest BCUT2D eigenvalue weighted by Gasteiger charge is 2.31. The molecule has 0 saturated heterocycles. The van der Waals surface area contributed by atoms with Crippen molar-refractivity contribution in [2.45, 2.75) is 18.8 Å². The summed E-state index contributed by atoms with van der Waals surface area (Å²) in [6, 6.07) is 3.63. The molecule has 0 amide bonds. The van der Waals surface area contributed by atoms with Crippen molar-refractivity contribution in [2.24, 2.45) is 7.05 Å². The van der Waals surface area contributed by atoms with Crippen LogP contribution in [0.5, 0.6) is 17.2 Å². The molecule has 1 atom stereocenters. The van der Waals surface area contributed by atoms with Gasteiger partial charge in [0.2, 0.25) is 5.75 Å². The zero-order valence-corrected chi connectivity index (χ0v) is 17.1. The Morgan fingerprint density at radius 2 is 1.70 bits per heavy atom. The number of benzene rings is 1. The number of rotatable bonds is 4. The van der Waals surface area contributed by atoms with Crippen LogP contribution in [0.1, 0.15) is 33.8 Å². The molecule has 4 rings (SSSR count). The van der Waals surface area contributed by atoms with Gasteiger partial charge in [0.1, 0.15) is 5.65 Å². The summed E-state index contributed by atoms with van der Waals surface area (Å²) in [5, 5.41) is 0.264. The average molecular weight is 411 g/mol. The lowest BCUT2D eigenvalue weighted by Crippen LogP contribution is -2.31. The van der Waals surface area contributed by atoms with E-state index in [9.17, 15) is 14.4 Å². The third-order valence-corrected chi connectivity index (χ3v) is 5.58. The molecular formula is C21H21N3O6. The number of ketones is 1. The zero-order valence-electron chi connectivity index (χ0n) is 17.1. The van der Waals surface area contributed by atoms with Crippen LogP contribution in [0.2, 0.25) is 0 Å². The van der Waals surface area contributed by atoms with Crippen LogP contribution in [0, 0.1) is 0 Å². The summed E-state index contributed by atoms with van der Waals surface area (Å²) >= 11 is 0. The summed E-state index contributed by atoms with van der Waals surface area (Å²) < 4.78 is 17.5. The Kier molecular flexibility index (Phi) is 4.81. The number of aryl methyl sites for hydroxylation is 1. The molecule has 0 fully saturated rings. The minimum absolute atomic E-state index is 0.113. The molecule has 0 saturated carbocycles. The number of fused-ring (bicyclic) bond motifs is 3. The number of H-pyrrole nitrogens is 1. The quantitative estimate of drug-likeness (QED) is 0.693. The lowest BCUT2D eigenvalue weighted by Gasteiger charge is -2.26. The topological polar surface area (TPSA) is 113 Å². The maximum Gasteiger partial charge on any atom is 0.329 e. The van der Waals surface area contributed by atoms with Gasteiger partial charge in [0.05, 0.1) is 26.7 Å². The van der Waals surface area contributed by atoms with E-state index in [-0.39, 0.29) is 29.2 Å². The van der Waals surface area contributed by atoms with Crippen molar-refractivity contribution in [3.8, 4) is 17.2 Å². The van der Waals surface area contributed by atoms with Crippen LogP contribution in [0.15, 0.2) is 27.9 Å². The molecule has 9 nitrogen and oxygen atoms in total. The molecule has 1 aromatic carbocycles. The van der Waals surface area contributed by atoms with Gasteiger partial charge < -0.3 is 14.2 Å². The normalized spacial score (nSPS) is 15.7. The predicted octanol–water partition coefficient (Wildman–Crippen LogP) is 1.56. The van der Waals surface area contributed by atoms with Gasteiger partial charge in [-0.25, -0.2) is 9.78 Å². The molecule has 30 heavy (non-hydrogen) atoms. The van der Waals surface area contributed by atoms with Crippen LogP contribution in [0.25, 0.3) is 11.0 Å². The van der Waals surface area contributed by atoms with Gasteiger partial charge in [0, 0.05) is 25.2 Å². The second-order valence-electron chi connectivity index (χ2n) is 7.15. The van der Waals surface area contributed by atoms with Crippen LogP contribution in [-0.2, 0) is 13.5 Å². The number of hydrogen-bond acceptors (Lipinski definition) is 7. The van der Waals surface area contributed by atoms with Gasteiger partial charge in [-0.2, -0.15) is 0 Å². The maximum absolute atomic E-state index is 12.9. The number of ether oxygens (including phenoxy) is 3. The first-order valence-corrected chi connectivity index (χ1v) is 9.33. The number of Topliss-reactive ketones (excluding diaryl/α,β-unsaturated/α-hetero) is 1. The molecule has 1 N–H and O–H groups in total. The smallest absolute Gasteiger partial charge is 0.329 e. The number of carbonyl (C=O) groups excluding carboxylic acids is 1. The number of aromatic nitrogens is 3. The van der Waals surface area contributed by atoms with Gasteiger partial charge >= 0.3 is 5.69 Å². The number of aromatic amines is 1. The van der Waals surface area contributed by atoms with Crippen LogP contribution in [-0.4, -0.2) is 41.6 Å². The Morgan fingerprint density at radius 3 is 2.30 bits per heavy atom. The Balaban J connectivity index is 1.90. The minimum atomic E-state index is -0.553. The van der Waals surface area contributed by atoms with Gasteiger partial charge in [-0.3, -0.25) is 19.1 Å². The first-order chi connectivity index (χ1) is 14.4. The van der Waals surface area contributed by atoms with Crippen LogP contribution in [0.4, 0.5) is 0 Å². The van der Waals surface area contributed by atoms with Crippen molar-refractivity contribution in [3.63, 3.8) is 0 Å². The highest BCUT2D eigenvalue weighted by atomic mass is 16.5. The summed E-state index contributed by atoms with van der Waals surface area (Å²) in [5.41, 5.74) is 0.983. The molecule has 0 radical (unpaired) electrons. The maximum atomic E-state index is 12.9. The van der Waals surface area contributed by atoms with Crippen molar-refractivity contribution in [1.29, 1.82) is 0 Å². The molecule has 2 heterocycles. The number of carbonyl (C=O) groups is 1. The van der Waals surface area contributed by atoms with E-state index in [0.29, 0.717) is 34.8 Å². The molecule has 3 aromatic rings. The minimum Gasteiger partial charge on any atom is -0.493 e. The fourth-order valence-electron chi connectivity index (χ4n) is 4.05. The van der Waals surface area contributed by atoms with Crippen molar-refractivity contribution in [2.75, 3.05) is 21.3 Å². The largest absolute Gasteiger partial charge is 0.493 e. The number of nitrogens with one attached hydrogen (secondary N) is 1. The van der Waals surface area contributed by atoms with E-state index >= 15 is 0 Å². The molecule has 0 unspecified atom stereocenters. The average Bonchev–Trinajstić information content (AvgIpc) is 2.75. The van der Waals surface area contributed by atoms with Crippen molar-refractivity contribution in [1.82, 2.24) is 14.5 Å². The lowest BCUT2D eigenvalue weighted by atomic mass is 9.79. The summed E-state index contributed by atoms with van der Waals surface area (Å²) in [7, 11) is 6.11. The summed E-state index contributed by atoms with van der Waals surface area (Å²) in [6.45, 7) is 0. The summed E-state index contributed by atoms with van der Waals surface area (Å²) in [6.07, 6.45) is 2.13. The molecule has 1 aliphatic carbocycles. The fourth-order valence-corrected chi connectivity index (χ4v) is 4.05. The van der Waals surface area contributed by atoms with Gasteiger partial charge in [-0.1, -0.05) is 0 Å². The highest BCUT2D eigenvalue weighted by Crippen LogP contribution is 2.43. The van der Waals surface area contributed by atoms with Gasteiger partial charge in [-0.15, -0.1) is 0 Å². The Hall–Kier alpha value is -3.62.